The molecule has 0 radical (unpaired) electrons. The molecule has 8 heteroatoms. The molecule has 3 heterocycles. The third-order valence-corrected chi connectivity index (χ3v) is 4.88. The van der Waals surface area contributed by atoms with Gasteiger partial charge in [0, 0.05) is 6.54 Å². The summed E-state index contributed by atoms with van der Waals surface area (Å²) in [5, 5.41) is 9.99. The van der Waals surface area contributed by atoms with Crippen LogP contribution in [-0.2, 0) is 6.54 Å². The molecule has 1 N–H and O–H groups in total. The number of fused-ring (bicyclic) bond motifs is 1. The van der Waals surface area contributed by atoms with Gasteiger partial charge in [-0.25, -0.2) is 4.98 Å². The lowest BCUT2D eigenvalue weighted by atomic mass is 10.1. The Hall–Kier alpha value is -2.32. The average molecular weight is 343 g/mol. The summed E-state index contributed by atoms with van der Waals surface area (Å²) in [4.78, 5) is 19.8. The summed E-state index contributed by atoms with van der Waals surface area (Å²) in [6.45, 7) is 1.00. The molecule has 1 unspecified atom stereocenters. The number of anilines is 1. The molecule has 24 heavy (non-hydrogen) atoms. The van der Waals surface area contributed by atoms with E-state index in [2.05, 4.69) is 13.6 Å². The molecule has 1 aromatic carbocycles. The van der Waals surface area contributed by atoms with Crippen LogP contribution in [0.3, 0.4) is 0 Å². The van der Waals surface area contributed by atoms with E-state index in [4.69, 9.17) is 4.98 Å². The number of aliphatic hydroxyl groups is 1. The number of aromatic nitrogens is 4. The molecule has 0 aliphatic carbocycles. The van der Waals surface area contributed by atoms with Gasteiger partial charge in [-0.05, 0) is 25.0 Å². The van der Waals surface area contributed by atoms with Crippen molar-refractivity contribution >= 4 is 28.4 Å². The molecule has 124 valence electrons. The molecule has 2 aromatic heterocycles. The van der Waals surface area contributed by atoms with Gasteiger partial charge < -0.3 is 10.0 Å². The number of hydrogen-bond donors (Lipinski definition) is 1. The fourth-order valence-corrected chi connectivity index (χ4v) is 3.78. The topological polar surface area (TPSA) is 84.1 Å². The van der Waals surface area contributed by atoms with E-state index in [0.29, 0.717) is 16.7 Å². The highest BCUT2D eigenvalue weighted by atomic mass is 32.1. The van der Waals surface area contributed by atoms with E-state index in [-0.39, 0.29) is 24.8 Å². The number of rotatable bonds is 4. The maximum Gasteiger partial charge on any atom is 0.261 e. The fraction of sp³-hybridized carbons (Fsp3) is 0.375. The first-order valence-corrected chi connectivity index (χ1v) is 8.67. The zero-order valence-electron chi connectivity index (χ0n) is 13.0. The second-order valence-corrected chi connectivity index (χ2v) is 6.34. The zero-order valence-corrected chi connectivity index (χ0v) is 13.8. The Bertz CT molecular complexity index is 908. The van der Waals surface area contributed by atoms with Gasteiger partial charge in [0.2, 0.25) is 0 Å². The highest BCUT2D eigenvalue weighted by Gasteiger charge is 2.31. The van der Waals surface area contributed by atoms with Crippen LogP contribution in [0.1, 0.15) is 24.7 Å². The van der Waals surface area contributed by atoms with Crippen LogP contribution in [0.25, 0.3) is 10.9 Å². The standard InChI is InChI=1S/C16H17N5O2S/c22-9-8-21-15(18-12-5-2-1-4-11(12)16(21)23)13-6-3-7-20(13)14-10-17-24-19-14/h1-2,4-5,10,13,22H,3,6-9H2. The molecule has 0 saturated carbocycles. The van der Waals surface area contributed by atoms with Crippen molar-refractivity contribution in [3.05, 3.63) is 46.6 Å². The van der Waals surface area contributed by atoms with Gasteiger partial charge in [-0.1, -0.05) is 12.1 Å². The molecule has 4 rings (SSSR count). The highest BCUT2D eigenvalue weighted by Crippen LogP contribution is 2.34. The van der Waals surface area contributed by atoms with Crippen LogP contribution in [0, 0.1) is 0 Å². The Balaban J connectivity index is 1.88. The lowest BCUT2D eigenvalue weighted by Gasteiger charge is -2.26. The maximum atomic E-state index is 12.9. The molecule has 3 aromatic rings. The van der Waals surface area contributed by atoms with Crippen LogP contribution in [0.2, 0.25) is 0 Å². The first-order chi connectivity index (χ1) is 11.8. The Morgan fingerprint density at radius 3 is 3.00 bits per heavy atom. The number of nitrogens with zero attached hydrogens (tertiary/aromatic N) is 5. The van der Waals surface area contributed by atoms with Crippen LogP contribution in [0.15, 0.2) is 35.3 Å². The number of benzene rings is 1. The van der Waals surface area contributed by atoms with Gasteiger partial charge in [-0.15, -0.1) is 0 Å². The zero-order chi connectivity index (χ0) is 16.5. The summed E-state index contributed by atoms with van der Waals surface area (Å²) in [5.74, 6) is 1.51. The monoisotopic (exact) mass is 343 g/mol. The van der Waals surface area contributed by atoms with E-state index >= 15 is 0 Å². The number of hydrogen-bond acceptors (Lipinski definition) is 7. The van der Waals surface area contributed by atoms with Gasteiger partial charge in [-0.2, -0.15) is 8.75 Å². The van der Waals surface area contributed by atoms with Crippen molar-refractivity contribution < 1.29 is 5.11 Å². The Kier molecular flexibility index (Phi) is 3.99. The van der Waals surface area contributed by atoms with Gasteiger partial charge in [-0.3, -0.25) is 9.36 Å². The van der Waals surface area contributed by atoms with Gasteiger partial charge >= 0.3 is 0 Å². The molecule has 1 fully saturated rings. The lowest BCUT2D eigenvalue weighted by Crippen LogP contribution is -2.33. The van der Waals surface area contributed by atoms with Crippen LogP contribution < -0.4 is 10.5 Å². The van der Waals surface area contributed by atoms with Crippen molar-refractivity contribution in [2.75, 3.05) is 18.1 Å². The van der Waals surface area contributed by atoms with Crippen molar-refractivity contribution in [2.24, 2.45) is 0 Å². The largest absolute Gasteiger partial charge is 0.395 e. The predicted molar refractivity (Wildman–Crippen MR) is 92.3 cm³/mol. The minimum atomic E-state index is -0.104. The Labute approximate surface area is 142 Å². The van der Waals surface area contributed by atoms with Crippen molar-refractivity contribution in [3.63, 3.8) is 0 Å². The molecule has 1 aliphatic heterocycles. The third kappa shape index (κ3) is 2.47. The Morgan fingerprint density at radius 2 is 2.21 bits per heavy atom. The van der Waals surface area contributed by atoms with E-state index in [1.165, 1.54) is 11.7 Å². The summed E-state index contributed by atoms with van der Waals surface area (Å²) in [6.07, 6.45) is 3.65. The van der Waals surface area contributed by atoms with Crippen LogP contribution in [-0.4, -0.2) is 36.6 Å². The van der Waals surface area contributed by atoms with Gasteiger partial charge in [0.25, 0.3) is 5.56 Å². The van der Waals surface area contributed by atoms with E-state index in [0.717, 1.165) is 25.2 Å². The van der Waals surface area contributed by atoms with E-state index in [9.17, 15) is 9.90 Å². The Morgan fingerprint density at radius 1 is 1.33 bits per heavy atom. The van der Waals surface area contributed by atoms with Crippen molar-refractivity contribution in [3.8, 4) is 0 Å². The van der Waals surface area contributed by atoms with Gasteiger partial charge in [0.1, 0.15) is 5.82 Å². The van der Waals surface area contributed by atoms with Crippen molar-refractivity contribution in [1.29, 1.82) is 0 Å². The molecule has 0 amide bonds. The molecule has 0 spiro atoms. The van der Waals surface area contributed by atoms with Crippen LogP contribution in [0.4, 0.5) is 5.82 Å². The second kappa shape index (κ2) is 6.29. The predicted octanol–water partition coefficient (Wildman–Crippen LogP) is 1.58. The van der Waals surface area contributed by atoms with Crippen LogP contribution >= 0.6 is 11.7 Å². The minimum Gasteiger partial charge on any atom is -0.395 e. The molecule has 1 atom stereocenters. The normalized spacial score (nSPS) is 17.7. The van der Waals surface area contributed by atoms with E-state index < -0.39 is 0 Å². The summed E-state index contributed by atoms with van der Waals surface area (Å²) in [5.41, 5.74) is 0.586. The minimum absolute atomic E-state index is 0.0299. The SMILES string of the molecule is O=c1c2ccccc2nc(C2CCCN2c2cnsn2)n1CCO. The molecule has 1 saturated heterocycles. The molecule has 0 bridgehead atoms. The van der Waals surface area contributed by atoms with E-state index in [1.54, 1.807) is 16.8 Å². The summed E-state index contributed by atoms with van der Waals surface area (Å²) < 4.78 is 10.0. The quantitative estimate of drug-likeness (QED) is 0.774. The van der Waals surface area contributed by atoms with Crippen LogP contribution in [0.5, 0.6) is 0 Å². The van der Waals surface area contributed by atoms with Gasteiger partial charge in [0.05, 0.1) is 48.0 Å². The fourth-order valence-electron chi connectivity index (χ4n) is 3.35. The lowest BCUT2D eigenvalue weighted by molar-refractivity contribution is 0.270. The molecular formula is C16H17N5O2S. The smallest absolute Gasteiger partial charge is 0.261 e. The summed E-state index contributed by atoms with van der Waals surface area (Å²) in [6, 6.07) is 7.31. The van der Waals surface area contributed by atoms with E-state index in [1.807, 2.05) is 18.2 Å². The molecular weight excluding hydrogens is 326 g/mol. The maximum absolute atomic E-state index is 12.9. The van der Waals surface area contributed by atoms with Crippen molar-refractivity contribution in [1.82, 2.24) is 18.3 Å². The summed E-state index contributed by atoms with van der Waals surface area (Å²) >= 11 is 1.17. The molecule has 1 aliphatic rings. The van der Waals surface area contributed by atoms with Gasteiger partial charge in [0.15, 0.2) is 5.82 Å². The average Bonchev–Trinajstić information content (AvgIpc) is 3.28. The third-order valence-electron chi connectivity index (χ3n) is 4.41. The number of aliphatic hydroxyl groups excluding tert-OH is 1. The second-order valence-electron chi connectivity index (χ2n) is 5.78. The first-order valence-electron chi connectivity index (χ1n) is 7.94. The summed E-state index contributed by atoms with van der Waals surface area (Å²) in [7, 11) is 0. The first kappa shape index (κ1) is 15.2. The highest BCUT2D eigenvalue weighted by molar-refractivity contribution is 6.99. The van der Waals surface area contributed by atoms with Crippen molar-refractivity contribution in [2.45, 2.75) is 25.4 Å². The number of para-hydroxylation sites is 1. The molecule has 7 nitrogen and oxygen atoms in total.